The number of sulfonamides is 2. The van der Waals surface area contributed by atoms with Gasteiger partial charge in [-0.2, -0.15) is 0 Å². The van der Waals surface area contributed by atoms with Crippen molar-refractivity contribution in [3.63, 3.8) is 0 Å². The normalized spacial score (nSPS) is 11.6. The molecule has 0 aliphatic heterocycles. The van der Waals surface area contributed by atoms with E-state index in [2.05, 4.69) is 20.1 Å². The smallest absolute Gasteiger partial charge is 0.337 e. The van der Waals surface area contributed by atoms with Crippen molar-refractivity contribution in [1.82, 2.24) is 0 Å². The van der Waals surface area contributed by atoms with Crippen LogP contribution in [0.25, 0.3) is 21.5 Å². The summed E-state index contributed by atoms with van der Waals surface area (Å²) < 4.78 is 57.6. The van der Waals surface area contributed by atoms with Gasteiger partial charge in [0, 0.05) is 22.7 Å². The van der Waals surface area contributed by atoms with Gasteiger partial charge in [0.15, 0.2) is 5.11 Å². The zero-order valence-corrected chi connectivity index (χ0v) is 28.8. The second-order valence-corrected chi connectivity index (χ2v) is 15.3. The highest BCUT2D eigenvalue weighted by Gasteiger charge is 2.18. The molecule has 6 aromatic rings. The number of thiocarbonyl (C=S) groups is 1. The summed E-state index contributed by atoms with van der Waals surface area (Å²) in [5.41, 5.74) is 2.45. The maximum absolute atomic E-state index is 13.2. The van der Waals surface area contributed by atoms with E-state index in [1.807, 2.05) is 31.2 Å². The number of carboxylic acids is 1. The number of nitrogens with one attached hydrogen (secondary N) is 4. The number of hydrogen-bond acceptors (Lipinski definition) is 6. The summed E-state index contributed by atoms with van der Waals surface area (Å²) >= 11 is 11.5. The first-order valence-electron chi connectivity index (χ1n) is 14.6. The van der Waals surface area contributed by atoms with E-state index in [4.69, 9.17) is 23.8 Å². The van der Waals surface area contributed by atoms with Crippen LogP contribution in [0.5, 0.6) is 0 Å². The number of hydrogen-bond donors (Lipinski definition) is 5. The second-order valence-electron chi connectivity index (χ2n) is 11.1. The quantitative estimate of drug-likeness (QED) is 0.0930. The fourth-order valence-corrected chi connectivity index (χ4v) is 7.73. The van der Waals surface area contributed by atoms with Gasteiger partial charge in [0.2, 0.25) is 0 Å². The number of benzene rings is 6. The molecule has 248 valence electrons. The maximum Gasteiger partial charge on any atom is 0.337 e. The van der Waals surface area contributed by atoms with Gasteiger partial charge >= 0.3 is 5.97 Å². The van der Waals surface area contributed by atoms with Gasteiger partial charge in [-0.1, -0.05) is 48.0 Å². The highest BCUT2D eigenvalue weighted by atomic mass is 35.5. The number of aromatic carboxylic acids is 1. The Kier molecular flexibility index (Phi) is 9.18. The topological polar surface area (TPSA) is 154 Å². The van der Waals surface area contributed by atoms with E-state index >= 15 is 0 Å². The molecular formula is C35H27ClN4O6S3. The minimum atomic E-state index is -4.07. The largest absolute Gasteiger partial charge is 0.478 e. The number of anilines is 4. The van der Waals surface area contributed by atoms with E-state index in [1.54, 1.807) is 60.7 Å². The lowest BCUT2D eigenvalue weighted by molar-refractivity contribution is 0.0697. The Morgan fingerprint density at radius 3 is 1.61 bits per heavy atom. The van der Waals surface area contributed by atoms with E-state index in [9.17, 15) is 26.7 Å². The molecule has 0 unspecified atom stereocenters. The molecule has 0 aromatic heterocycles. The van der Waals surface area contributed by atoms with E-state index in [0.717, 1.165) is 22.4 Å². The summed E-state index contributed by atoms with van der Waals surface area (Å²) in [6, 6.07) is 31.3. The Balaban J connectivity index is 1.17. The van der Waals surface area contributed by atoms with Crippen molar-refractivity contribution < 1.29 is 26.7 Å². The third-order valence-electron chi connectivity index (χ3n) is 7.48. The molecule has 0 heterocycles. The maximum atomic E-state index is 13.2. The number of carbonyl (C=O) groups is 1. The molecule has 14 heteroatoms. The SMILES string of the molecule is Cc1cccc(NS(=O)(=O)c2ccc3ccc(NC(=S)Nc4ccc5ccc(S(=O)(=O)Nc6ccc(Cl)c(C(=O)O)c6)cc5c4)cc3c2)c1. The fraction of sp³-hybridized carbons (Fsp3) is 0.0286. The Morgan fingerprint density at radius 2 is 1.10 bits per heavy atom. The predicted octanol–water partition coefficient (Wildman–Crippen LogP) is 8.06. The molecule has 10 nitrogen and oxygen atoms in total. The van der Waals surface area contributed by atoms with Gasteiger partial charge in [0.05, 0.1) is 20.4 Å². The van der Waals surface area contributed by atoms with Gasteiger partial charge in [-0.15, -0.1) is 0 Å². The summed E-state index contributed by atoms with van der Waals surface area (Å²) in [6.45, 7) is 1.88. The van der Waals surface area contributed by atoms with Crippen LogP contribution in [0.3, 0.4) is 0 Å². The summed E-state index contributed by atoms with van der Waals surface area (Å²) in [7, 11) is -7.90. The Hall–Kier alpha value is -5.21. The molecule has 49 heavy (non-hydrogen) atoms. The molecule has 0 amide bonds. The Bertz CT molecular complexity index is 2530. The van der Waals surface area contributed by atoms with Crippen LogP contribution in [0.15, 0.2) is 125 Å². The third-order valence-corrected chi connectivity index (χ3v) is 10.8. The first-order chi connectivity index (χ1) is 23.3. The van der Waals surface area contributed by atoms with Crippen LogP contribution >= 0.6 is 23.8 Å². The molecule has 6 aromatic carbocycles. The third kappa shape index (κ3) is 7.76. The molecule has 0 saturated heterocycles. The molecule has 0 fully saturated rings. The van der Waals surface area contributed by atoms with Gasteiger partial charge < -0.3 is 15.7 Å². The molecule has 0 aliphatic carbocycles. The number of fused-ring (bicyclic) bond motifs is 2. The molecule has 0 radical (unpaired) electrons. The van der Waals surface area contributed by atoms with Crippen molar-refractivity contribution in [2.45, 2.75) is 16.7 Å². The van der Waals surface area contributed by atoms with Crippen LogP contribution < -0.4 is 20.1 Å². The average Bonchev–Trinajstić information content (AvgIpc) is 3.04. The van der Waals surface area contributed by atoms with Gasteiger partial charge in [-0.05, 0) is 125 Å². The number of aryl methyl sites for hydroxylation is 1. The molecule has 6 rings (SSSR count). The standard InChI is InChI=1S/C35H27ClN4O6S3/c1-21-3-2-4-28(15-21)39-48(43,44)30-12-7-22-5-9-26(16-24(22)18-30)37-35(47)38-27-10-6-23-8-13-31(19-25(23)17-27)49(45,46)40-29-11-14-33(36)32(20-29)34(41)42/h2-20,39-40H,1H3,(H,41,42)(H2,37,38,47). The van der Waals surface area contributed by atoms with Crippen LogP contribution in [-0.2, 0) is 20.0 Å². The van der Waals surface area contributed by atoms with Crippen molar-refractivity contribution in [2.24, 2.45) is 0 Å². The minimum absolute atomic E-state index is 0.0130. The fourth-order valence-electron chi connectivity index (χ4n) is 5.12. The second kappa shape index (κ2) is 13.4. The van der Waals surface area contributed by atoms with Crippen LogP contribution in [0, 0.1) is 6.92 Å². The average molecular weight is 731 g/mol. The zero-order valence-electron chi connectivity index (χ0n) is 25.6. The first kappa shape index (κ1) is 33.7. The lowest BCUT2D eigenvalue weighted by Gasteiger charge is -2.13. The first-order valence-corrected chi connectivity index (χ1v) is 18.3. The van der Waals surface area contributed by atoms with Gasteiger partial charge in [0.1, 0.15) is 0 Å². The monoisotopic (exact) mass is 730 g/mol. The van der Waals surface area contributed by atoms with Crippen molar-refractivity contribution in [3.05, 3.63) is 131 Å². The Labute approximate surface area is 292 Å². The molecule has 0 atom stereocenters. The van der Waals surface area contributed by atoms with Crippen molar-refractivity contribution in [1.29, 1.82) is 0 Å². The van der Waals surface area contributed by atoms with Crippen LogP contribution in [0.1, 0.15) is 15.9 Å². The van der Waals surface area contributed by atoms with Gasteiger partial charge in [-0.3, -0.25) is 9.44 Å². The van der Waals surface area contributed by atoms with Crippen molar-refractivity contribution >= 4 is 99.2 Å². The summed E-state index contributed by atoms with van der Waals surface area (Å²) in [5, 5.41) is 18.7. The number of rotatable bonds is 9. The van der Waals surface area contributed by atoms with Crippen LogP contribution in [0.2, 0.25) is 5.02 Å². The minimum Gasteiger partial charge on any atom is -0.478 e. The van der Waals surface area contributed by atoms with Crippen molar-refractivity contribution in [2.75, 3.05) is 20.1 Å². The van der Waals surface area contributed by atoms with Gasteiger partial charge in [0.25, 0.3) is 20.0 Å². The molecule has 0 aliphatic rings. The van der Waals surface area contributed by atoms with E-state index < -0.39 is 26.0 Å². The molecular weight excluding hydrogens is 704 g/mol. The van der Waals surface area contributed by atoms with E-state index in [0.29, 0.717) is 27.8 Å². The van der Waals surface area contributed by atoms with Crippen molar-refractivity contribution in [3.8, 4) is 0 Å². The summed E-state index contributed by atoms with van der Waals surface area (Å²) in [6.07, 6.45) is 0. The molecule has 0 saturated carbocycles. The molecule has 0 bridgehead atoms. The highest BCUT2D eigenvalue weighted by molar-refractivity contribution is 7.93. The van der Waals surface area contributed by atoms with Gasteiger partial charge in [-0.25, -0.2) is 21.6 Å². The lowest BCUT2D eigenvalue weighted by atomic mass is 10.1. The number of halogens is 1. The Morgan fingerprint density at radius 1 is 0.612 bits per heavy atom. The van der Waals surface area contributed by atoms with Crippen LogP contribution in [-0.4, -0.2) is 33.0 Å². The lowest BCUT2D eigenvalue weighted by Crippen LogP contribution is -2.19. The zero-order chi connectivity index (χ0) is 34.9. The predicted molar refractivity (Wildman–Crippen MR) is 199 cm³/mol. The van der Waals surface area contributed by atoms with E-state index in [-0.39, 0.29) is 31.2 Å². The van der Waals surface area contributed by atoms with Crippen LogP contribution in [0.4, 0.5) is 22.7 Å². The summed E-state index contributed by atoms with van der Waals surface area (Å²) in [4.78, 5) is 11.5. The number of carboxylic acid groups (broad SMARTS) is 1. The highest BCUT2D eigenvalue weighted by Crippen LogP contribution is 2.28. The summed E-state index contributed by atoms with van der Waals surface area (Å²) in [5.74, 6) is -1.28. The molecule has 5 N–H and O–H groups in total. The molecule has 0 spiro atoms. The van der Waals surface area contributed by atoms with E-state index in [1.165, 1.54) is 24.3 Å².